The second-order valence-corrected chi connectivity index (χ2v) is 4.32. The fraction of sp³-hybridized carbons (Fsp3) is 0.364. The van der Waals surface area contributed by atoms with E-state index in [0.29, 0.717) is 16.0 Å². The number of nitrogens with two attached hydrogens (primary N) is 1. The van der Waals surface area contributed by atoms with E-state index in [4.69, 9.17) is 15.2 Å². The Balaban J connectivity index is 3.21. The van der Waals surface area contributed by atoms with Gasteiger partial charge in [0.15, 0.2) is 6.10 Å². The van der Waals surface area contributed by atoms with Crippen molar-refractivity contribution < 1.29 is 24.5 Å². The monoisotopic (exact) mass is 319 g/mol. The predicted molar refractivity (Wildman–Crippen MR) is 67.4 cm³/mol. The summed E-state index contributed by atoms with van der Waals surface area (Å²) in [6.45, 7) is 0. The number of aliphatic hydroxyl groups is 2. The highest BCUT2D eigenvalue weighted by molar-refractivity contribution is 9.10. The van der Waals surface area contributed by atoms with Crippen molar-refractivity contribution in [2.45, 2.75) is 12.2 Å². The first-order valence-corrected chi connectivity index (χ1v) is 5.78. The third-order valence-electron chi connectivity index (χ3n) is 2.40. The first-order chi connectivity index (χ1) is 8.42. The molecule has 0 aliphatic rings. The van der Waals surface area contributed by atoms with E-state index < -0.39 is 18.1 Å². The highest BCUT2D eigenvalue weighted by atomic mass is 79.9. The molecule has 18 heavy (non-hydrogen) atoms. The lowest BCUT2D eigenvalue weighted by Crippen LogP contribution is -2.33. The smallest absolute Gasteiger partial charge is 0.249 e. The Labute approximate surface area is 112 Å². The Morgan fingerprint density at radius 2 is 1.72 bits per heavy atom. The van der Waals surface area contributed by atoms with Crippen LogP contribution in [-0.4, -0.2) is 36.4 Å². The van der Waals surface area contributed by atoms with Crippen molar-refractivity contribution in [3.63, 3.8) is 0 Å². The molecule has 1 aromatic rings. The van der Waals surface area contributed by atoms with Crippen LogP contribution >= 0.6 is 15.9 Å². The number of methoxy groups -OCH3 is 2. The van der Waals surface area contributed by atoms with Crippen molar-refractivity contribution >= 4 is 21.8 Å². The number of ether oxygens (including phenoxy) is 2. The molecule has 0 aromatic heterocycles. The molecule has 4 N–H and O–H groups in total. The minimum Gasteiger partial charge on any atom is -0.495 e. The van der Waals surface area contributed by atoms with Crippen LogP contribution in [0.5, 0.6) is 11.5 Å². The third-order valence-corrected chi connectivity index (χ3v) is 3.18. The van der Waals surface area contributed by atoms with Crippen LogP contribution < -0.4 is 15.2 Å². The number of rotatable bonds is 5. The third kappa shape index (κ3) is 2.92. The van der Waals surface area contributed by atoms with Crippen molar-refractivity contribution in [2.24, 2.45) is 5.73 Å². The van der Waals surface area contributed by atoms with Crippen molar-refractivity contribution in [1.82, 2.24) is 0 Å². The molecule has 100 valence electrons. The number of carbonyl (C=O) groups is 1. The lowest BCUT2D eigenvalue weighted by atomic mass is 10.0. The lowest BCUT2D eigenvalue weighted by Gasteiger charge is -2.18. The second-order valence-electron chi connectivity index (χ2n) is 3.53. The van der Waals surface area contributed by atoms with Gasteiger partial charge in [-0.15, -0.1) is 0 Å². The average Bonchev–Trinajstić information content (AvgIpc) is 2.37. The van der Waals surface area contributed by atoms with E-state index in [2.05, 4.69) is 15.9 Å². The average molecular weight is 320 g/mol. The molecule has 7 heteroatoms. The fourth-order valence-corrected chi connectivity index (χ4v) is 1.95. The van der Waals surface area contributed by atoms with Gasteiger partial charge in [-0.3, -0.25) is 4.79 Å². The number of aliphatic hydroxyl groups excluding tert-OH is 2. The molecule has 0 radical (unpaired) electrons. The van der Waals surface area contributed by atoms with Crippen LogP contribution in [0.2, 0.25) is 0 Å². The van der Waals surface area contributed by atoms with Gasteiger partial charge in [0.25, 0.3) is 0 Å². The Bertz CT molecular complexity index is 426. The minimum atomic E-state index is -1.69. The molecule has 6 nitrogen and oxygen atoms in total. The molecule has 1 amide bonds. The second kappa shape index (κ2) is 6.03. The molecule has 0 fully saturated rings. The SMILES string of the molecule is COc1cc(C(O)C(O)C(N)=O)cc(OC)c1Br. The molecule has 0 saturated carbocycles. The van der Waals surface area contributed by atoms with Gasteiger partial charge in [-0.2, -0.15) is 0 Å². The molecule has 0 saturated heterocycles. The maximum atomic E-state index is 10.8. The molecular weight excluding hydrogens is 306 g/mol. The minimum absolute atomic E-state index is 0.262. The zero-order chi connectivity index (χ0) is 13.9. The van der Waals surface area contributed by atoms with Crippen molar-refractivity contribution in [1.29, 1.82) is 0 Å². The zero-order valence-corrected chi connectivity index (χ0v) is 11.5. The number of amides is 1. The maximum absolute atomic E-state index is 10.8. The van der Waals surface area contributed by atoms with E-state index in [1.807, 2.05) is 0 Å². The molecule has 0 spiro atoms. The van der Waals surface area contributed by atoms with E-state index in [1.165, 1.54) is 26.4 Å². The summed E-state index contributed by atoms with van der Waals surface area (Å²) >= 11 is 3.27. The van der Waals surface area contributed by atoms with Crippen molar-refractivity contribution in [3.05, 3.63) is 22.2 Å². The molecular formula is C11H14BrNO5. The number of carbonyl (C=O) groups excluding carboxylic acids is 1. The summed E-state index contributed by atoms with van der Waals surface area (Å²) in [5.74, 6) is -0.205. The Hall–Kier alpha value is -1.31. The summed E-state index contributed by atoms with van der Waals surface area (Å²) in [4.78, 5) is 10.8. The molecule has 1 aromatic carbocycles. The molecule has 0 heterocycles. The first-order valence-electron chi connectivity index (χ1n) is 4.99. The van der Waals surface area contributed by atoms with Gasteiger partial charge >= 0.3 is 0 Å². The predicted octanol–water partition coefficient (Wildman–Crippen LogP) is 0.346. The maximum Gasteiger partial charge on any atom is 0.249 e. The molecule has 2 unspecified atom stereocenters. The standard InChI is InChI=1S/C11H14BrNO5/c1-17-6-3-5(4-7(18-2)8(6)12)9(14)10(15)11(13)16/h3-4,9-10,14-15H,1-2H3,(H2,13,16). The summed E-state index contributed by atoms with van der Waals surface area (Å²) < 4.78 is 10.7. The number of halogens is 1. The van der Waals surface area contributed by atoms with Crippen LogP contribution in [0.25, 0.3) is 0 Å². The summed E-state index contributed by atoms with van der Waals surface area (Å²) in [7, 11) is 2.89. The van der Waals surface area contributed by atoms with Crippen LogP contribution in [0.4, 0.5) is 0 Å². The van der Waals surface area contributed by atoms with Crippen LogP contribution in [0.1, 0.15) is 11.7 Å². The van der Waals surface area contributed by atoms with Crippen LogP contribution in [-0.2, 0) is 4.79 Å². The summed E-state index contributed by atoms with van der Waals surface area (Å²) in [6.07, 6.45) is -3.14. The normalized spacial score (nSPS) is 13.8. The highest BCUT2D eigenvalue weighted by Gasteiger charge is 2.25. The van der Waals surface area contributed by atoms with Gasteiger partial charge in [0, 0.05) is 0 Å². The topological polar surface area (TPSA) is 102 Å². The lowest BCUT2D eigenvalue weighted by molar-refractivity contribution is -0.131. The van der Waals surface area contributed by atoms with Gasteiger partial charge in [0.2, 0.25) is 5.91 Å². The van der Waals surface area contributed by atoms with Crippen LogP contribution in [0, 0.1) is 0 Å². The highest BCUT2D eigenvalue weighted by Crippen LogP contribution is 2.37. The Morgan fingerprint density at radius 3 is 2.06 bits per heavy atom. The number of hydrogen-bond acceptors (Lipinski definition) is 5. The molecule has 0 aliphatic heterocycles. The van der Waals surface area contributed by atoms with Gasteiger partial charge in [-0.25, -0.2) is 0 Å². The number of primary amides is 1. The van der Waals surface area contributed by atoms with E-state index in [-0.39, 0.29) is 5.56 Å². The Morgan fingerprint density at radius 1 is 1.28 bits per heavy atom. The van der Waals surface area contributed by atoms with Gasteiger partial charge in [0.1, 0.15) is 22.1 Å². The largest absolute Gasteiger partial charge is 0.495 e. The van der Waals surface area contributed by atoms with E-state index in [9.17, 15) is 15.0 Å². The van der Waals surface area contributed by atoms with Gasteiger partial charge < -0.3 is 25.4 Å². The fourth-order valence-electron chi connectivity index (χ4n) is 1.40. The summed E-state index contributed by atoms with van der Waals surface area (Å²) in [6, 6.07) is 2.95. The van der Waals surface area contributed by atoms with Crippen molar-refractivity contribution in [2.75, 3.05) is 14.2 Å². The quantitative estimate of drug-likeness (QED) is 0.726. The number of hydrogen-bond donors (Lipinski definition) is 3. The van der Waals surface area contributed by atoms with Gasteiger partial charge in [-0.1, -0.05) is 0 Å². The van der Waals surface area contributed by atoms with Crippen LogP contribution in [0.15, 0.2) is 16.6 Å². The van der Waals surface area contributed by atoms with E-state index >= 15 is 0 Å². The molecule has 0 aliphatic carbocycles. The molecule has 0 bridgehead atoms. The molecule has 1 rings (SSSR count). The van der Waals surface area contributed by atoms with Gasteiger partial charge in [0.05, 0.1) is 14.2 Å². The molecule has 2 atom stereocenters. The Kier molecular flexibility index (Phi) is 4.94. The number of benzene rings is 1. The van der Waals surface area contributed by atoms with E-state index in [1.54, 1.807) is 0 Å². The van der Waals surface area contributed by atoms with Gasteiger partial charge in [-0.05, 0) is 33.6 Å². The first kappa shape index (κ1) is 14.7. The zero-order valence-electron chi connectivity index (χ0n) is 9.88. The van der Waals surface area contributed by atoms with E-state index in [0.717, 1.165) is 0 Å². The van der Waals surface area contributed by atoms with Crippen molar-refractivity contribution in [3.8, 4) is 11.5 Å². The summed E-state index contributed by atoms with van der Waals surface area (Å²) in [5.41, 5.74) is 5.19. The van der Waals surface area contributed by atoms with Crippen LogP contribution in [0.3, 0.4) is 0 Å². The summed E-state index contributed by atoms with van der Waals surface area (Å²) in [5, 5.41) is 19.2.